The van der Waals surface area contributed by atoms with Crippen LogP contribution in [-0.2, 0) is 46.9 Å². The minimum Gasteiger partial charge on any atom is -0.853 e. The standard InChI is InChI=1S/3C4H9O2.Y/c3*1-2-6-4-3-5;/h3*2-4H2,1H3;/q3*-1;+3. The average Bonchev–Trinajstić information content (AvgIpc) is 2.42. The average molecular weight is 356 g/mol. The number of ether oxygens (including phenoxy) is 3. The van der Waals surface area contributed by atoms with Crippen LogP contribution in [0.5, 0.6) is 0 Å². The Morgan fingerprint density at radius 2 is 0.789 bits per heavy atom. The molecule has 0 fully saturated rings. The van der Waals surface area contributed by atoms with Crippen LogP contribution in [0.4, 0.5) is 0 Å². The van der Waals surface area contributed by atoms with E-state index in [-0.39, 0.29) is 52.5 Å². The summed E-state index contributed by atoms with van der Waals surface area (Å²) in [4.78, 5) is 0. The Morgan fingerprint density at radius 1 is 0.579 bits per heavy atom. The van der Waals surface area contributed by atoms with Crippen molar-refractivity contribution in [2.24, 2.45) is 0 Å². The molecule has 0 spiro atoms. The van der Waals surface area contributed by atoms with Crippen LogP contribution in [0, 0.1) is 0 Å². The van der Waals surface area contributed by atoms with Gasteiger partial charge in [0.1, 0.15) is 0 Å². The molecule has 0 aromatic heterocycles. The summed E-state index contributed by atoms with van der Waals surface area (Å²) >= 11 is 0. The van der Waals surface area contributed by atoms with Gasteiger partial charge in [-0.15, -0.1) is 19.8 Å². The maximum atomic E-state index is 9.56. The van der Waals surface area contributed by atoms with Gasteiger partial charge in [0.25, 0.3) is 0 Å². The Morgan fingerprint density at radius 3 is 0.842 bits per heavy atom. The summed E-state index contributed by atoms with van der Waals surface area (Å²) in [5.74, 6) is 0. The van der Waals surface area contributed by atoms with E-state index in [9.17, 15) is 15.3 Å². The monoisotopic (exact) mass is 356 g/mol. The van der Waals surface area contributed by atoms with E-state index in [1.807, 2.05) is 20.8 Å². The second-order valence-electron chi connectivity index (χ2n) is 2.70. The third-order valence-corrected chi connectivity index (χ3v) is 1.30. The van der Waals surface area contributed by atoms with Gasteiger partial charge in [-0.3, -0.25) is 0 Å². The molecule has 0 aliphatic rings. The van der Waals surface area contributed by atoms with Crippen LogP contribution in [0.3, 0.4) is 0 Å². The van der Waals surface area contributed by atoms with Crippen molar-refractivity contribution in [2.75, 3.05) is 59.5 Å². The molecule has 0 aromatic rings. The van der Waals surface area contributed by atoms with E-state index in [2.05, 4.69) is 14.2 Å². The molecular formula is C12H27O6Y. The van der Waals surface area contributed by atoms with Gasteiger partial charge in [0.2, 0.25) is 0 Å². The van der Waals surface area contributed by atoms with Gasteiger partial charge in [0, 0.05) is 39.6 Å². The number of hydrogen-bond donors (Lipinski definition) is 0. The fraction of sp³-hybridized carbons (Fsp3) is 1.00. The molecule has 19 heavy (non-hydrogen) atoms. The van der Waals surface area contributed by atoms with Gasteiger partial charge in [-0.25, -0.2) is 0 Å². The van der Waals surface area contributed by atoms with E-state index < -0.39 is 0 Å². The number of rotatable bonds is 9. The van der Waals surface area contributed by atoms with Crippen LogP contribution in [0.2, 0.25) is 0 Å². The van der Waals surface area contributed by atoms with Gasteiger partial charge in [0.15, 0.2) is 0 Å². The Labute approximate surface area is 142 Å². The van der Waals surface area contributed by atoms with Gasteiger partial charge >= 0.3 is 32.7 Å². The van der Waals surface area contributed by atoms with Gasteiger partial charge < -0.3 is 29.5 Å². The molecule has 0 heterocycles. The molecule has 0 unspecified atom stereocenters. The summed E-state index contributed by atoms with van der Waals surface area (Å²) in [5, 5.41) is 28.7. The van der Waals surface area contributed by atoms with Crippen LogP contribution in [0.15, 0.2) is 0 Å². The van der Waals surface area contributed by atoms with E-state index in [1.165, 1.54) is 0 Å². The van der Waals surface area contributed by atoms with Crippen molar-refractivity contribution in [1.29, 1.82) is 0 Å². The molecular weight excluding hydrogens is 329 g/mol. The first-order chi connectivity index (χ1) is 8.74. The molecule has 0 rings (SSSR count). The quantitative estimate of drug-likeness (QED) is 0.450. The van der Waals surface area contributed by atoms with Crippen LogP contribution in [0.1, 0.15) is 20.8 Å². The molecule has 114 valence electrons. The molecule has 0 aliphatic heterocycles. The van der Waals surface area contributed by atoms with E-state index in [1.54, 1.807) is 0 Å². The maximum Gasteiger partial charge on any atom is 3.00 e. The van der Waals surface area contributed by atoms with Gasteiger partial charge in [0.05, 0.1) is 0 Å². The summed E-state index contributed by atoms with van der Waals surface area (Å²) in [6.45, 7) is 8.30. The molecule has 6 nitrogen and oxygen atoms in total. The van der Waals surface area contributed by atoms with Crippen molar-refractivity contribution >= 4 is 0 Å². The number of hydrogen-bond acceptors (Lipinski definition) is 6. The first-order valence-electron chi connectivity index (χ1n) is 6.22. The molecule has 0 aromatic carbocycles. The van der Waals surface area contributed by atoms with Crippen molar-refractivity contribution in [3.8, 4) is 0 Å². The summed E-state index contributed by atoms with van der Waals surface area (Å²) in [7, 11) is 0. The first kappa shape index (κ1) is 28.1. The fourth-order valence-corrected chi connectivity index (χ4v) is 0.610. The van der Waals surface area contributed by atoms with Crippen molar-refractivity contribution < 1.29 is 62.2 Å². The maximum absolute atomic E-state index is 9.56. The molecule has 0 atom stereocenters. The van der Waals surface area contributed by atoms with Crippen molar-refractivity contribution in [3.05, 3.63) is 0 Å². The zero-order chi connectivity index (χ0) is 14.5. The molecule has 0 aliphatic carbocycles. The van der Waals surface area contributed by atoms with Crippen molar-refractivity contribution in [3.63, 3.8) is 0 Å². The topological polar surface area (TPSA) is 96.9 Å². The predicted octanol–water partition coefficient (Wildman–Crippen LogP) is -1.85. The fourth-order valence-electron chi connectivity index (χ4n) is 0.610. The third-order valence-electron chi connectivity index (χ3n) is 1.30. The summed E-state index contributed by atoms with van der Waals surface area (Å²) in [5.41, 5.74) is 0. The molecule has 0 saturated heterocycles. The van der Waals surface area contributed by atoms with Crippen LogP contribution < -0.4 is 15.3 Å². The minimum absolute atomic E-state index is 0. The second kappa shape index (κ2) is 36.4. The minimum atomic E-state index is -0.117. The van der Waals surface area contributed by atoms with Gasteiger partial charge in [-0.2, -0.15) is 0 Å². The molecule has 0 saturated carbocycles. The Hall–Kier alpha value is 0.864. The SMILES string of the molecule is CCOCC[O-].CCOCC[O-].CCOCC[O-].[Y+3]. The Bertz CT molecular complexity index is 77.2. The zero-order valence-electron chi connectivity index (χ0n) is 12.4. The van der Waals surface area contributed by atoms with Crippen molar-refractivity contribution in [1.82, 2.24) is 0 Å². The van der Waals surface area contributed by atoms with E-state index in [0.717, 1.165) is 0 Å². The van der Waals surface area contributed by atoms with E-state index in [4.69, 9.17) is 0 Å². The van der Waals surface area contributed by atoms with Gasteiger partial charge in [-0.05, 0) is 20.8 Å². The summed E-state index contributed by atoms with van der Waals surface area (Å²) < 4.78 is 14.0. The van der Waals surface area contributed by atoms with E-state index >= 15 is 0 Å². The van der Waals surface area contributed by atoms with Crippen LogP contribution in [-0.4, -0.2) is 59.5 Å². The summed E-state index contributed by atoms with van der Waals surface area (Å²) in [6, 6.07) is 0. The summed E-state index contributed by atoms with van der Waals surface area (Å²) in [6.07, 6.45) is 0. The zero-order valence-corrected chi connectivity index (χ0v) is 15.2. The Balaban J connectivity index is -0.0000000865. The third kappa shape index (κ3) is 55.1. The predicted molar refractivity (Wildman–Crippen MR) is 64.1 cm³/mol. The molecule has 0 bridgehead atoms. The van der Waals surface area contributed by atoms with Crippen molar-refractivity contribution in [2.45, 2.75) is 20.8 Å². The van der Waals surface area contributed by atoms with Crippen LogP contribution in [0.25, 0.3) is 0 Å². The first-order valence-corrected chi connectivity index (χ1v) is 6.22. The molecule has 0 amide bonds. The smallest absolute Gasteiger partial charge is 0.853 e. The van der Waals surface area contributed by atoms with E-state index in [0.29, 0.717) is 39.6 Å². The molecule has 0 N–H and O–H groups in total. The normalized spacial score (nSPS) is 8.53. The van der Waals surface area contributed by atoms with Crippen LogP contribution >= 0.6 is 0 Å². The molecule has 7 heteroatoms. The molecule has 0 radical (unpaired) electrons. The largest absolute Gasteiger partial charge is 3.00 e. The van der Waals surface area contributed by atoms with Gasteiger partial charge in [-0.1, -0.05) is 0 Å². The Kier molecular flexibility index (Phi) is 53.8. The second-order valence-corrected chi connectivity index (χ2v) is 2.70.